The van der Waals surface area contributed by atoms with Crippen molar-refractivity contribution >= 4 is 0 Å². The molecule has 0 amide bonds. The molecule has 0 aliphatic carbocycles. The van der Waals surface area contributed by atoms with Crippen LogP contribution < -0.4 is 5.73 Å². The normalized spacial score (nSPS) is 13.1. The van der Waals surface area contributed by atoms with Crippen molar-refractivity contribution in [3.05, 3.63) is 35.4 Å². The second-order valence-electron chi connectivity index (χ2n) is 4.34. The highest BCUT2D eigenvalue weighted by Gasteiger charge is 2.07. The standard InChI is InChI=1S/C14H24N2/c1-4-16(5-2)10-9-14(15)13-8-6-7-12(3)11-13/h6-8,11,14H,4-5,9-10,15H2,1-3H3. The maximum absolute atomic E-state index is 6.19. The molecule has 2 nitrogen and oxygen atoms in total. The summed E-state index contributed by atoms with van der Waals surface area (Å²) in [6.07, 6.45) is 1.03. The van der Waals surface area contributed by atoms with Gasteiger partial charge in [-0.1, -0.05) is 43.7 Å². The molecular weight excluding hydrogens is 196 g/mol. The molecule has 1 aromatic carbocycles. The van der Waals surface area contributed by atoms with Crippen molar-refractivity contribution < 1.29 is 0 Å². The fourth-order valence-electron chi connectivity index (χ4n) is 1.93. The van der Waals surface area contributed by atoms with Crippen LogP contribution in [0.15, 0.2) is 24.3 Å². The summed E-state index contributed by atoms with van der Waals surface area (Å²) in [5.74, 6) is 0. The summed E-state index contributed by atoms with van der Waals surface area (Å²) >= 11 is 0. The summed E-state index contributed by atoms with van der Waals surface area (Å²) in [5.41, 5.74) is 8.74. The largest absolute Gasteiger partial charge is 0.324 e. The second kappa shape index (κ2) is 6.66. The summed E-state index contributed by atoms with van der Waals surface area (Å²) in [6, 6.07) is 8.68. The van der Waals surface area contributed by atoms with E-state index in [-0.39, 0.29) is 6.04 Å². The van der Waals surface area contributed by atoms with Crippen LogP contribution in [0.25, 0.3) is 0 Å². The predicted molar refractivity (Wildman–Crippen MR) is 70.5 cm³/mol. The molecule has 0 aliphatic heterocycles. The van der Waals surface area contributed by atoms with Crippen LogP contribution in [0.5, 0.6) is 0 Å². The van der Waals surface area contributed by atoms with Gasteiger partial charge in [-0.3, -0.25) is 0 Å². The average molecular weight is 220 g/mol. The van der Waals surface area contributed by atoms with E-state index in [1.54, 1.807) is 0 Å². The Labute approximate surface area is 99.5 Å². The maximum Gasteiger partial charge on any atom is 0.0307 e. The summed E-state index contributed by atoms with van der Waals surface area (Å²) in [5, 5.41) is 0. The number of hydrogen-bond acceptors (Lipinski definition) is 2. The smallest absolute Gasteiger partial charge is 0.0307 e. The number of benzene rings is 1. The topological polar surface area (TPSA) is 29.3 Å². The Bertz CT molecular complexity index is 305. The molecule has 0 saturated carbocycles. The molecule has 0 heterocycles. The van der Waals surface area contributed by atoms with Crippen molar-refractivity contribution in [2.24, 2.45) is 5.73 Å². The van der Waals surface area contributed by atoms with Crippen molar-refractivity contribution in [2.75, 3.05) is 19.6 Å². The number of aryl methyl sites for hydroxylation is 1. The van der Waals surface area contributed by atoms with Crippen LogP contribution >= 0.6 is 0 Å². The number of nitrogens with zero attached hydrogens (tertiary/aromatic N) is 1. The van der Waals surface area contributed by atoms with E-state index in [1.165, 1.54) is 11.1 Å². The molecule has 0 fully saturated rings. The first kappa shape index (κ1) is 13.2. The Kier molecular flexibility index (Phi) is 5.50. The number of rotatable bonds is 6. The second-order valence-corrected chi connectivity index (χ2v) is 4.34. The zero-order valence-electron chi connectivity index (χ0n) is 10.7. The molecule has 0 bridgehead atoms. The lowest BCUT2D eigenvalue weighted by molar-refractivity contribution is 0.291. The van der Waals surface area contributed by atoms with Crippen LogP contribution in [0, 0.1) is 6.92 Å². The molecule has 1 rings (SSSR count). The zero-order chi connectivity index (χ0) is 12.0. The molecule has 2 heteroatoms. The zero-order valence-corrected chi connectivity index (χ0v) is 10.7. The third kappa shape index (κ3) is 3.95. The molecule has 0 aliphatic rings. The molecule has 90 valence electrons. The van der Waals surface area contributed by atoms with Gasteiger partial charge in [0, 0.05) is 6.04 Å². The van der Waals surface area contributed by atoms with E-state index in [2.05, 4.69) is 49.9 Å². The molecule has 1 aromatic rings. The Balaban J connectivity index is 2.49. The van der Waals surface area contributed by atoms with Crippen molar-refractivity contribution in [3.63, 3.8) is 0 Å². The third-order valence-corrected chi connectivity index (χ3v) is 3.12. The van der Waals surface area contributed by atoms with Gasteiger partial charge in [0.05, 0.1) is 0 Å². The molecule has 0 saturated heterocycles. The number of hydrogen-bond donors (Lipinski definition) is 1. The lowest BCUT2D eigenvalue weighted by atomic mass is 10.0. The van der Waals surface area contributed by atoms with E-state index in [0.717, 1.165) is 26.1 Å². The molecule has 0 aromatic heterocycles. The highest BCUT2D eigenvalue weighted by atomic mass is 15.1. The highest BCUT2D eigenvalue weighted by Crippen LogP contribution is 2.15. The first-order chi connectivity index (χ1) is 7.67. The van der Waals surface area contributed by atoms with Crippen LogP contribution in [-0.2, 0) is 0 Å². The van der Waals surface area contributed by atoms with Gasteiger partial charge in [-0.25, -0.2) is 0 Å². The van der Waals surface area contributed by atoms with Gasteiger partial charge in [0.15, 0.2) is 0 Å². The minimum atomic E-state index is 0.167. The van der Waals surface area contributed by atoms with Gasteiger partial charge in [0.1, 0.15) is 0 Å². The Hall–Kier alpha value is -0.860. The van der Waals surface area contributed by atoms with Crippen LogP contribution in [-0.4, -0.2) is 24.5 Å². The van der Waals surface area contributed by atoms with E-state index in [0.29, 0.717) is 0 Å². The van der Waals surface area contributed by atoms with Gasteiger partial charge in [-0.05, 0) is 38.5 Å². The summed E-state index contributed by atoms with van der Waals surface area (Å²) in [4.78, 5) is 2.41. The van der Waals surface area contributed by atoms with Gasteiger partial charge < -0.3 is 10.6 Å². The van der Waals surface area contributed by atoms with E-state index in [1.807, 2.05) is 0 Å². The Morgan fingerprint density at radius 3 is 2.50 bits per heavy atom. The molecule has 2 N–H and O–H groups in total. The third-order valence-electron chi connectivity index (χ3n) is 3.12. The van der Waals surface area contributed by atoms with E-state index < -0.39 is 0 Å². The first-order valence-electron chi connectivity index (χ1n) is 6.21. The van der Waals surface area contributed by atoms with Crippen molar-refractivity contribution in [1.29, 1.82) is 0 Å². The molecular formula is C14H24N2. The summed E-state index contributed by atoms with van der Waals surface area (Å²) < 4.78 is 0. The van der Waals surface area contributed by atoms with Gasteiger partial charge in [0.2, 0.25) is 0 Å². The van der Waals surface area contributed by atoms with Crippen LogP contribution in [0.3, 0.4) is 0 Å². The van der Waals surface area contributed by atoms with Gasteiger partial charge in [-0.15, -0.1) is 0 Å². The maximum atomic E-state index is 6.19. The van der Waals surface area contributed by atoms with Gasteiger partial charge in [0.25, 0.3) is 0 Å². The molecule has 1 unspecified atom stereocenters. The van der Waals surface area contributed by atoms with Crippen LogP contribution in [0.4, 0.5) is 0 Å². The average Bonchev–Trinajstić information content (AvgIpc) is 2.30. The van der Waals surface area contributed by atoms with E-state index >= 15 is 0 Å². The van der Waals surface area contributed by atoms with Gasteiger partial charge in [-0.2, -0.15) is 0 Å². The molecule has 0 radical (unpaired) electrons. The van der Waals surface area contributed by atoms with E-state index in [4.69, 9.17) is 5.73 Å². The molecule has 0 spiro atoms. The minimum Gasteiger partial charge on any atom is -0.324 e. The van der Waals surface area contributed by atoms with E-state index in [9.17, 15) is 0 Å². The van der Waals surface area contributed by atoms with Crippen molar-refractivity contribution in [1.82, 2.24) is 4.90 Å². The first-order valence-corrected chi connectivity index (χ1v) is 6.21. The highest BCUT2D eigenvalue weighted by molar-refractivity contribution is 5.24. The van der Waals surface area contributed by atoms with Crippen LogP contribution in [0.2, 0.25) is 0 Å². The lowest BCUT2D eigenvalue weighted by Gasteiger charge is -2.20. The predicted octanol–water partition coefficient (Wildman–Crippen LogP) is 2.73. The fraction of sp³-hybridized carbons (Fsp3) is 0.571. The summed E-state index contributed by atoms with van der Waals surface area (Å²) in [7, 11) is 0. The molecule has 1 atom stereocenters. The SMILES string of the molecule is CCN(CC)CCC(N)c1cccc(C)c1. The quantitative estimate of drug-likeness (QED) is 0.798. The summed E-state index contributed by atoms with van der Waals surface area (Å²) in [6.45, 7) is 9.81. The molecule has 16 heavy (non-hydrogen) atoms. The minimum absolute atomic E-state index is 0.167. The van der Waals surface area contributed by atoms with Crippen molar-refractivity contribution in [2.45, 2.75) is 33.2 Å². The van der Waals surface area contributed by atoms with Gasteiger partial charge >= 0.3 is 0 Å². The fourth-order valence-corrected chi connectivity index (χ4v) is 1.93. The lowest BCUT2D eigenvalue weighted by Crippen LogP contribution is -2.27. The van der Waals surface area contributed by atoms with Crippen LogP contribution in [0.1, 0.15) is 37.4 Å². The Morgan fingerprint density at radius 2 is 1.94 bits per heavy atom. The van der Waals surface area contributed by atoms with Crippen molar-refractivity contribution in [3.8, 4) is 0 Å². The number of nitrogens with two attached hydrogens (primary N) is 1. The Morgan fingerprint density at radius 1 is 1.25 bits per heavy atom. The monoisotopic (exact) mass is 220 g/mol.